The maximum atomic E-state index is 13.2. The average molecular weight is 349 g/mol. The van der Waals surface area contributed by atoms with Crippen molar-refractivity contribution in [2.24, 2.45) is 0 Å². The summed E-state index contributed by atoms with van der Waals surface area (Å²) in [7, 11) is 0. The maximum Gasteiger partial charge on any atom is 0.272 e. The highest BCUT2D eigenvalue weighted by atomic mass is 19.1. The number of hydrogen-bond donors (Lipinski definition) is 1. The van der Waals surface area contributed by atoms with Crippen LogP contribution in [-0.4, -0.2) is 22.2 Å². The topological polar surface area (TPSA) is 46.9 Å². The number of nitrogens with zero attached hydrogens (tertiary/aromatic N) is 2. The lowest BCUT2D eigenvalue weighted by molar-refractivity contribution is 0.0948. The number of benzene rings is 2. The van der Waals surface area contributed by atoms with Gasteiger partial charge in [0.05, 0.1) is 5.69 Å². The van der Waals surface area contributed by atoms with Crippen LogP contribution in [0.15, 0.2) is 54.6 Å². The Kier molecular flexibility index (Phi) is 4.52. The van der Waals surface area contributed by atoms with Crippen molar-refractivity contribution in [3.8, 4) is 5.69 Å². The Bertz CT molecular complexity index is 934. The number of para-hydroxylation sites is 1. The number of amides is 1. The first kappa shape index (κ1) is 16.5. The lowest BCUT2D eigenvalue weighted by atomic mass is 10.1. The molecule has 0 aliphatic heterocycles. The van der Waals surface area contributed by atoms with Crippen molar-refractivity contribution in [1.82, 2.24) is 15.1 Å². The van der Waals surface area contributed by atoms with Crippen molar-refractivity contribution in [2.45, 2.75) is 25.7 Å². The van der Waals surface area contributed by atoms with E-state index in [-0.39, 0.29) is 11.7 Å². The van der Waals surface area contributed by atoms with Crippen LogP contribution < -0.4 is 5.32 Å². The molecule has 0 unspecified atom stereocenters. The van der Waals surface area contributed by atoms with Crippen LogP contribution in [0.5, 0.6) is 0 Å². The highest BCUT2D eigenvalue weighted by Gasteiger charge is 2.26. The van der Waals surface area contributed by atoms with Crippen molar-refractivity contribution in [1.29, 1.82) is 0 Å². The second-order valence-corrected chi connectivity index (χ2v) is 6.51. The molecule has 0 atom stereocenters. The zero-order valence-corrected chi connectivity index (χ0v) is 14.4. The Labute approximate surface area is 151 Å². The standard InChI is InChI=1S/C21H20FN3O/c22-16-7-4-6-15(14-16)12-13-23-21(26)20-18-10-5-11-19(18)25(24-20)17-8-2-1-3-9-17/h1-4,6-9,14H,5,10-13H2,(H,23,26). The van der Waals surface area contributed by atoms with Gasteiger partial charge >= 0.3 is 0 Å². The summed E-state index contributed by atoms with van der Waals surface area (Å²) >= 11 is 0. The molecule has 1 N–H and O–H groups in total. The maximum absolute atomic E-state index is 13.2. The molecular weight excluding hydrogens is 329 g/mol. The van der Waals surface area contributed by atoms with Gasteiger partial charge in [0.1, 0.15) is 5.82 Å². The summed E-state index contributed by atoms with van der Waals surface area (Å²) in [5.41, 5.74) is 4.54. The highest BCUT2D eigenvalue weighted by Crippen LogP contribution is 2.27. The molecule has 2 aromatic carbocycles. The summed E-state index contributed by atoms with van der Waals surface area (Å²) in [5.74, 6) is -0.414. The van der Waals surface area contributed by atoms with Gasteiger partial charge in [0.15, 0.2) is 5.69 Å². The SMILES string of the molecule is O=C(NCCc1cccc(F)c1)c1nn(-c2ccccc2)c2c1CCC2. The zero-order chi connectivity index (χ0) is 17.9. The third-order valence-electron chi connectivity index (χ3n) is 4.73. The number of fused-ring (bicyclic) bond motifs is 1. The Morgan fingerprint density at radius 3 is 2.77 bits per heavy atom. The van der Waals surface area contributed by atoms with Gasteiger partial charge in [-0.3, -0.25) is 4.79 Å². The molecule has 0 saturated carbocycles. The summed E-state index contributed by atoms with van der Waals surface area (Å²) in [6.07, 6.45) is 3.46. The monoisotopic (exact) mass is 349 g/mol. The Morgan fingerprint density at radius 2 is 1.96 bits per heavy atom. The van der Waals surface area contributed by atoms with E-state index in [2.05, 4.69) is 10.4 Å². The predicted molar refractivity (Wildman–Crippen MR) is 98.0 cm³/mol. The quantitative estimate of drug-likeness (QED) is 0.767. The molecule has 26 heavy (non-hydrogen) atoms. The van der Waals surface area contributed by atoms with Crippen LogP contribution in [-0.2, 0) is 19.3 Å². The molecule has 1 heterocycles. The third-order valence-corrected chi connectivity index (χ3v) is 4.73. The van der Waals surface area contributed by atoms with Gasteiger partial charge in [0.2, 0.25) is 0 Å². The fraction of sp³-hybridized carbons (Fsp3) is 0.238. The molecular formula is C21H20FN3O. The summed E-state index contributed by atoms with van der Waals surface area (Å²) < 4.78 is 15.1. The molecule has 1 aliphatic rings. The van der Waals surface area contributed by atoms with Crippen LogP contribution in [0, 0.1) is 5.82 Å². The van der Waals surface area contributed by atoms with Crippen molar-refractivity contribution in [3.05, 3.63) is 82.9 Å². The second-order valence-electron chi connectivity index (χ2n) is 6.51. The molecule has 4 rings (SSSR count). The minimum absolute atomic E-state index is 0.158. The van der Waals surface area contributed by atoms with Crippen molar-refractivity contribution in [2.75, 3.05) is 6.54 Å². The van der Waals surface area contributed by atoms with Crippen LogP contribution >= 0.6 is 0 Å². The largest absolute Gasteiger partial charge is 0.350 e. The highest BCUT2D eigenvalue weighted by molar-refractivity contribution is 5.94. The minimum Gasteiger partial charge on any atom is -0.350 e. The number of nitrogens with one attached hydrogen (secondary N) is 1. The van der Waals surface area contributed by atoms with Crippen LogP contribution in [0.2, 0.25) is 0 Å². The summed E-state index contributed by atoms with van der Waals surface area (Å²) in [5, 5.41) is 7.51. The summed E-state index contributed by atoms with van der Waals surface area (Å²) in [4.78, 5) is 12.6. The van der Waals surface area contributed by atoms with E-state index in [1.807, 2.05) is 41.1 Å². The number of carbonyl (C=O) groups is 1. The van der Waals surface area contributed by atoms with E-state index in [1.54, 1.807) is 6.07 Å². The normalized spacial score (nSPS) is 12.8. The molecule has 1 amide bonds. The molecule has 1 aromatic heterocycles. The smallest absolute Gasteiger partial charge is 0.272 e. The van der Waals surface area contributed by atoms with Gasteiger partial charge in [-0.1, -0.05) is 30.3 Å². The van der Waals surface area contributed by atoms with Gasteiger partial charge in [-0.25, -0.2) is 9.07 Å². The van der Waals surface area contributed by atoms with Gasteiger partial charge in [0.25, 0.3) is 5.91 Å². The molecule has 4 nitrogen and oxygen atoms in total. The molecule has 1 aliphatic carbocycles. The Morgan fingerprint density at radius 1 is 1.12 bits per heavy atom. The van der Waals surface area contributed by atoms with Gasteiger partial charge in [-0.2, -0.15) is 5.10 Å². The molecule has 0 radical (unpaired) electrons. The van der Waals surface area contributed by atoms with Crippen molar-refractivity contribution < 1.29 is 9.18 Å². The Hall–Kier alpha value is -2.95. The molecule has 5 heteroatoms. The second kappa shape index (κ2) is 7.12. The zero-order valence-electron chi connectivity index (χ0n) is 14.4. The summed E-state index contributed by atoms with van der Waals surface area (Å²) in [6.45, 7) is 0.454. The van der Waals surface area contributed by atoms with Crippen LogP contribution in [0.25, 0.3) is 5.69 Å². The number of rotatable bonds is 5. The van der Waals surface area contributed by atoms with E-state index in [4.69, 9.17) is 0 Å². The average Bonchev–Trinajstić information content (AvgIpc) is 3.25. The van der Waals surface area contributed by atoms with E-state index in [9.17, 15) is 9.18 Å². The van der Waals surface area contributed by atoms with Gasteiger partial charge in [0, 0.05) is 17.8 Å². The number of aromatic nitrogens is 2. The lowest BCUT2D eigenvalue weighted by Crippen LogP contribution is -2.27. The number of hydrogen-bond acceptors (Lipinski definition) is 2. The molecule has 0 bridgehead atoms. The number of carbonyl (C=O) groups excluding carboxylic acids is 1. The Balaban J connectivity index is 1.50. The lowest BCUT2D eigenvalue weighted by Gasteiger charge is -2.05. The summed E-state index contributed by atoms with van der Waals surface area (Å²) in [6, 6.07) is 16.4. The molecule has 3 aromatic rings. The molecule has 0 fully saturated rings. The molecule has 0 saturated heterocycles. The van der Waals surface area contributed by atoms with Gasteiger partial charge in [-0.05, 0) is 55.5 Å². The van der Waals surface area contributed by atoms with Gasteiger partial charge in [-0.15, -0.1) is 0 Å². The van der Waals surface area contributed by atoms with Crippen molar-refractivity contribution >= 4 is 5.91 Å². The van der Waals surface area contributed by atoms with Crippen LogP contribution in [0.3, 0.4) is 0 Å². The molecule has 132 valence electrons. The van der Waals surface area contributed by atoms with E-state index < -0.39 is 0 Å². The van der Waals surface area contributed by atoms with Crippen LogP contribution in [0.4, 0.5) is 4.39 Å². The fourth-order valence-corrected chi connectivity index (χ4v) is 3.50. The first-order chi connectivity index (χ1) is 12.7. The van der Waals surface area contributed by atoms with E-state index >= 15 is 0 Å². The van der Waals surface area contributed by atoms with Crippen molar-refractivity contribution in [3.63, 3.8) is 0 Å². The van der Waals surface area contributed by atoms with Gasteiger partial charge < -0.3 is 5.32 Å². The van der Waals surface area contributed by atoms with E-state index in [0.29, 0.717) is 18.7 Å². The third kappa shape index (κ3) is 3.25. The first-order valence-corrected chi connectivity index (χ1v) is 8.91. The van der Waals surface area contributed by atoms with Crippen LogP contribution in [0.1, 0.15) is 33.7 Å². The van der Waals surface area contributed by atoms with E-state index in [0.717, 1.165) is 41.8 Å². The first-order valence-electron chi connectivity index (χ1n) is 8.91. The molecule has 0 spiro atoms. The number of halogens is 1. The van der Waals surface area contributed by atoms with E-state index in [1.165, 1.54) is 12.1 Å². The predicted octanol–water partition coefficient (Wildman–Crippen LogP) is 3.47. The minimum atomic E-state index is -0.256. The fourth-order valence-electron chi connectivity index (χ4n) is 3.50.